The molecule has 0 spiro atoms. The minimum absolute atomic E-state index is 0.0137. The van der Waals surface area contributed by atoms with Gasteiger partial charge in [0, 0.05) is 12.0 Å². The lowest BCUT2D eigenvalue weighted by Gasteiger charge is -2.18. The van der Waals surface area contributed by atoms with Crippen molar-refractivity contribution in [3.8, 4) is 11.5 Å². The van der Waals surface area contributed by atoms with Crippen LogP contribution in [0, 0.1) is 0 Å². The van der Waals surface area contributed by atoms with Gasteiger partial charge in [-0.1, -0.05) is 60.7 Å². The van der Waals surface area contributed by atoms with Crippen LogP contribution in [0.2, 0.25) is 0 Å². The lowest BCUT2D eigenvalue weighted by atomic mass is 10.0. The monoisotopic (exact) mass is 523 g/mol. The van der Waals surface area contributed by atoms with E-state index in [0.29, 0.717) is 22.3 Å². The molecule has 0 bridgehead atoms. The third-order valence-electron chi connectivity index (χ3n) is 5.70. The topological polar surface area (TPSA) is 108 Å². The maximum atomic E-state index is 12.8. The predicted molar refractivity (Wildman–Crippen MR) is 143 cm³/mol. The molecule has 0 saturated heterocycles. The van der Waals surface area contributed by atoms with Crippen LogP contribution in [0.25, 0.3) is 0 Å². The van der Waals surface area contributed by atoms with Gasteiger partial charge in [0.15, 0.2) is 11.5 Å². The Hall–Kier alpha value is -5.24. The van der Waals surface area contributed by atoms with Crippen LogP contribution in [-0.4, -0.2) is 37.0 Å². The Morgan fingerprint density at radius 3 is 1.64 bits per heavy atom. The van der Waals surface area contributed by atoms with Gasteiger partial charge in [-0.05, 0) is 54.1 Å². The van der Waals surface area contributed by atoms with Crippen molar-refractivity contribution in [2.24, 2.45) is 0 Å². The van der Waals surface area contributed by atoms with E-state index in [0.717, 1.165) is 0 Å². The number of rotatable bonds is 9. The molecule has 8 nitrogen and oxygen atoms in total. The quantitative estimate of drug-likeness (QED) is 0.252. The van der Waals surface area contributed by atoms with Gasteiger partial charge in [-0.15, -0.1) is 0 Å². The molecule has 0 aromatic heterocycles. The van der Waals surface area contributed by atoms with Crippen molar-refractivity contribution in [2.45, 2.75) is 12.5 Å². The fraction of sp³-hybridized carbons (Fsp3) is 0.0968. The van der Waals surface area contributed by atoms with Crippen LogP contribution < -0.4 is 14.8 Å². The first-order valence-corrected chi connectivity index (χ1v) is 12.1. The normalized spacial score (nSPS) is 11.1. The maximum absolute atomic E-state index is 12.8. The molecule has 4 aromatic rings. The van der Waals surface area contributed by atoms with E-state index in [1.807, 2.05) is 0 Å². The van der Waals surface area contributed by atoms with Crippen molar-refractivity contribution in [1.29, 1.82) is 0 Å². The molecule has 196 valence electrons. The van der Waals surface area contributed by atoms with Crippen molar-refractivity contribution in [3.63, 3.8) is 0 Å². The van der Waals surface area contributed by atoms with E-state index in [4.69, 9.17) is 14.2 Å². The van der Waals surface area contributed by atoms with Gasteiger partial charge in [-0.3, -0.25) is 4.79 Å². The second kappa shape index (κ2) is 12.8. The maximum Gasteiger partial charge on any atom is 0.343 e. The smallest absolute Gasteiger partial charge is 0.343 e. The van der Waals surface area contributed by atoms with Crippen LogP contribution >= 0.6 is 0 Å². The fourth-order valence-corrected chi connectivity index (χ4v) is 3.71. The zero-order valence-corrected chi connectivity index (χ0v) is 21.0. The molecular formula is C31H25NO7. The number of hydrogen-bond donors (Lipinski definition) is 1. The van der Waals surface area contributed by atoms with E-state index in [1.54, 1.807) is 97.1 Å². The van der Waals surface area contributed by atoms with E-state index in [-0.39, 0.29) is 17.9 Å². The molecule has 1 N–H and O–H groups in total. The summed E-state index contributed by atoms with van der Waals surface area (Å²) in [6.45, 7) is 0. The fourth-order valence-electron chi connectivity index (χ4n) is 3.71. The first-order valence-electron chi connectivity index (χ1n) is 12.1. The first-order chi connectivity index (χ1) is 18.9. The number of carbonyl (C=O) groups is 4. The van der Waals surface area contributed by atoms with Crippen LogP contribution in [0.3, 0.4) is 0 Å². The number of methoxy groups -OCH3 is 1. The number of amides is 1. The summed E-state index contributed by atoms with van der Waals surface area (Å²) in [7, 11) is 1.23. The number of esters is 3. The van der Waals surface area contributed by atoms with E-state index in [2.05, 4.69) is 5.32 Å². The highest BCUT2D eigenvalue weighted by molar-refractivity contribution is 5.97. The van der Waals surface area contributed by atoms with Gasteiger partial charge in [-0.2, -0.15) is 0 Å². The zero-order chi connectivity index (χ0) is 27.6. The number of hydrogen-bond acceptors (Lipinski definition) is 7. The lowest BCUT2D eigenvalue weighted by molar-refractivity contribution is -0.142. The summed E-state index contributed by atoms with van der Waals surface area (Å²) < 4.78 is 16.0. The summed E-state index contributed by atoms with van der Waals surface area (Å²) in [5.74, 6) is -2.41. The van der Waals surface area contributed by atoms with E-state index in [9.17, 15) is 19.2 Å². The van der Waals surface area contributed by atoms with Crippen molar-refractivity contribution in [3.05, 3.63) is 131 Å². The molecule has 0 aliphatic rings. The van der Waals surface area contributed by atoms with Crippen LogP contribution in [0.4, 0.5) is 0 Å². The average Bonchev–Trinajstić information content (AvgIpc) is 2.98. The Morgan fingerprint density at radius 1 is 0.641 bits per heavy atom. The molecule has 0 heterocycles. The summed E-state index contributed by atoms with van der Waals surface area (Å²) in [5.41, 5.74) is 1.52. The highest BCUT2D eigenvalue weighted by Crippen LogP contribution is 2.31. The van der Waals surface area contributed by atoms with E-state index >= 15 is 0 Å². The van der Waals surface area contributed by atoms with Gasteiger partial charge >= 0.3 is 17.9 Å². The molecule has 4 aromatic carbocycles. The third kappa shape index (κ3) is 7.17. The Morgan fingerprint density at radius 2 is 1.13 bits per heavy atom. The lowest BCUT2D eigenvalue weighted by Crippen LogP contribution is -2.43. The molecule has 1 atom stereocenters. The Labute approximate surface area is 225 Å². The molecule has 0 fully saturated rings. The van der Waals surface area contributed by atoms with Gasteiger partial charge in [0.25, 0.3) is 5.91 Å². The summed E-state index contributed by atoms with van der Waals surface area (Å²) >= 11 is 0. The highest BCUT2D eigenvalue weighted by Gasteiger charge is 2.24. The zero-order valence-electron chi connectivity index (χ0n) is 21.0. The predicted octanol–water partition coefficient (Wildman–Crippen LogP) is 4.64. The molecule has 0 radical (unpaired) electrons. The van der Waals surface area contributed by atoms with Crippen LogP contribution in [-0.2, 0) is 16.0 Å². The second-order valence-corrected chi connectivity index (χ2v) is 8.41. The Bertz CT molecular complexity index is 1450. The molecule has 4 rings (SSSR count). The standard InChI is InChI=1S/C31H25NO7/c1-37-31(36)25(32-28(33)22-11-5-2-6-12-22)19-21-17-18-26(38-29(34)23-13-7-3-8-14-23)27(20-21)39-30(35)24-15-9-4-10-16-24/h2-18,20,25H,19H2,1H3,(H,32,33)/t25-/m0/s1. The first kappa shape index (κ1) is 26.8. The summed E-state index contributed by atoms with van der Waals surface area (Å²) in [6.07, 6.45) is 0.0219. The molecule has 0 unspecified atom stereocenters. The van der Waals surface area contributed by atoms with E-state index < -0.39 is 29.9 Å². The van der Waals surface area contributed by atoms with Crippen LogP contribution in [0.1, 0.15) is 36.6 Å². The Kier molecular flexibility index (Phi) is 8.82. The van der Waals surface area contributed by atoms with Gasteiger partial charge in [0.1, 0.15) is 6.04 Å². The summed E-state index contributed by atoms with van der Waals surface area (Å²) in [6, 6.07) is 28.7. The number of benzene rings is 4. The van der Waals surface area contributed by atoms with Crippen LogP contribution in [0.5, 0.6) is 11.5 Å². The third-order valence-corrected chi connectivity index (χ3v) is 5.70. The van der Waals surface area contributed by atoms with Gasteiger partial charge < -0.3 is 19.5 Å². The average molecular weight is 524 g/mol. The van der Waals surface area contributed by atoms with Crippen molar-refractivity contribution in [1.82, 2.24) is 5.32 Å². The largest absolute Gasteiger partial charge is 0.467 e. The number of carbonyl (C=O) groups excluding carboxylic acids is 4. The van der Waals surface area contributed by atoms with Gasteiger partial charge in [-0.25, -0.2) is 14.4 Å². The Balaban J connectivity index is 1.61. The second-order valence-electron chi connectivity index (χ2n) is 8.41. The SMILES string of the molecule is COC(=O)[C@H](Cc1ccc(OC(=O)c2ccccc2)c(OC(=O)c2ccccc2)c1)NC(=O)c1ccccc1. The molecule has 0 aliphatic heterocycles. The molecule has 39 heavy (non-hydrogen) atoms. The molecular weight excluding hydrogens is 498 g/mol. The number of ether oxygens (including phenoxy) is 3. The highest BCUT2D eigenvalue weighted by atomic mass is 16.6. The minimum Gasteiger partial charge on any atom is -0.467 e. The molecule has 8 heteroatoms. The van der Waals surface area contributed by atoms with Crippen LogP contribution in [0.15, 0.2) is 109 Å². The van der Waals surface area contributed by atoms with Crippen molar-refractivity contribution < 1.29 is 33.4 Å². The van der Waals surface area contributed by atoms with Crippen molar-refractivity contribution >= 4 is 23.8 Å². The summed E-state index contributed by atoms with van der Waals surface area (Å²) in [5, 5.41) is 2.68. The van der Waals surface area contributed by atoms with Crippen molar-refractivity contribution in [2.75, 3.05) is 7.11 Å². The summed E-state index contributed by atoms with van der Waals surface area (Å²) in [4.78, 5) is 50.7. The minimum atomic E-state index is -1.03. The molecule has 1 amide bonds. The molecule has 0 aliphatic carbocycles. The van der Waals surface area contributed by atoms with Gasteiger partial charge in [0.2, 0.25) is 0 Å². The molecule has 0 saturated carbocycles. The van der Waals surface area contributed by atoms with E-state index in [1.165, 1.54) is 19.2 Å². The van der Waals surface area contributed by atoms with Gasteiger partial charge in [0.05, 0.1) is 18.2 Å². The number of nitrogens with one attached hydrogen (secondary N) is 1.